The normalized spacial score (nSPS) is 22.2. The summed E-state index contributed by atoms with van der Waals surface area (Å²) < 4.78 is 0. The highest BCUT2D eigenvalue weighted by atomic mass is 15.2. The second kappa shape index (κ2) is 3.33. The molecule has 0 radical (unpaired) electrons. The first kappa shape index (κ1) is 9.23. The summed E-state index contributed by atoms with van der Waals surface area (Å²) in [7, 11) is 0. The standard InChI is InChI=1S/C15H14N2/c1-2-4-15-11(3-1)7-13(8-16-15)14-10-17-6-5-12(14)9-17/h1-4,7-8,10,12H,5-6,9H2. The highest BCUT2D eigenvalue weighted by molar-refractivity contribution is 5.83. The van der Waals surface area contributed by atoms with E-state index in [1.165, 1.54) is 36.0 Å². The number of aromatic nitrogens is 1. The minimum atomic E-state index is 0.734. The molecule has 84 valence electrons. The molecule has 2 heteroatoms. The molecule has 1 atom stereocenters. The Morgan fingerprint density at radius 3 is 3.00 bits per heavy atom. The Morgan fingerprint density at radius 1 is 1.24 bits per heavy atom. The van der Waals surface area contributed by atoms with Gasteiger partial charge in [-0.15, -0.1) is 0 Å². The third-order valence-corrected chi connectivity index (χ3v) is 3.90. The van der Waals surface area contributed by atoms with E-state index in [1.54, 1.807) is 0 Å². The molecule has 2 nitrogen and oxygen atoms in total. The van der Waals surface area contributed by atoms with Crippen LogP contribution in [0.15, 0.2) is 42.7 Å². The van der Waals surface area contributed by atoms with E-state index < -0.39 is 0 Å². The van der Waals surface area contributed by atoms with E-state index in [9.17, 15) is 0 Å². The number of para-hydroxylation sites is 1. The Hall–Kier alpha value is -1.83. The molecule has 2 aliphatic rings. The Bertz CT molecular complexity index is 615. The predicted octanol–water partition coefficient (Wildman–Crippen LogP) is 2.91. The topological polar surface area (TPSA) is 16.1 Å². The van der Waals surface area contributed by atoms with Crippen molar-refractivity contribution >= 4 is 16.5 Å². The second-order valence-corrected chi connectivity index (χ2v) is 4.98. The van der Waals surface area contributed by atoms with E-state index in [1.807, 2.05) is 12.3 Å². The van der Waals surface area contributed by atoms with Crippen LogP contribution in [-0.4, -0.2) is 23.0 Å². The molecule has 0 spiro atoms. The monoisotopic (exact) mass is 222 g/mol. The minimum Gasteiger partial charge on any atom is -0.376 e. The highest BCUT2D eigenvalue weighted by Crippen LogP contribution is 2.38. The SMILES string of the molecule is C1=C(c2cnc3ccccc3c2)C2CCN1C2. The van der Waals surface area contributed by atoms with Crippen molar-refractivity contribution in [2.24, 2.45) is 5.92 Å². The smallest absolute Gasteiger partial charge is 0.0702 e. The van der Waals surface area contributed by atoms with Crippen molar-refractivity contribution in [2.45, 2.75) is 6.42 Å². The van der Waals surface area contributed by atoms with Crippen molar-refractivity contribution in [3.05, 3.63) is 48.3 Å². The maximum absolute atomic E-state index is 4.55. The van der Waals surface area contributed by atoms with Crippen LogP contribution in [0.25, 0.3) is 16.5 Å². The van der Waals surface area contributed by atoms with Crippen LogP contribution in [0.2, 0.25) is 0 Å². The number of pyridine rings is 1. The fourth-order valence-corrected chi connectivity index (χ4v) is 3.00. The van der Waals surface area contributed by atoms with Gasteiger partial charge >= 0.3 is 0 Å². The van der Waals surface area contributed by atoms with Gasteiger partial charge in [-0.2, -0.15) is 0 Å². The zero-order valence-corrected chi connectivity index (χ0v) is 9.63. The third kappa shape index (κ3) is 1.37. The van der Waals surface area contributed by atoms with E-state index in [0.29, 0.717) is 0 Å². The van der Waals surface area contributed by atoms with E-state index in [2.05, 4.69) is 40.3 Å². The molecule has 2 bridgehead atoms. The first-order valence-electron chi connectivity index (χ1n) is 6.21. The molecule has 17 heavy (non-hydrogen) atoms. The van der Waals surface area contributed by atoms with E-state index in [4.69, 9.17) is 0 Å². The molecule has 1 unspecified atom stereocenters. The Balaban J connectivity index is 1.84. The predicted molar refractivity (Wildman–Crippen MR) is 69.4 cm³/mol. The van der Waals surface area contributed by atoms with Crippen molar-refractivity contribution in [3.63, 3.8) is 0 Å². The fourth-order valence-electron chi connectivity index (χ4n) is 3.00. The first-order valence-corrected chi connectivity index (χ1v) is 6.21. The molecule has 1 aromatic heterocycles. The molecule has 0 N–H and O–H groups in total. The lowest BCUT2D eigenvalue weighted by Crippen LogP contribution is -2.07. The number of nitrogens with zero attached hydrogens (tertiary/aromatic N) is 2. The summed E-state index contributed by atoms with van der Waals surface area (Å²) in [6, 6.07) is 10.6. The maximum atomic E-state index is 4.55. The van der Waals surface area contributed by atoms with Gasteiger partial charge in [-0.25, -0.2) is 0 Å². The molecule has 1 aromatic carbocycles. The van der Waals surface area contributed by atoms with Gasteiger partial charge in [0.05, 0.1) is 5.52 Å². The fraction of sp³-hybridized carbons (Fsp3) is 0.267. The van der Waals surface area contributed by atoms with E-state index in [0.717, 1.165) is 11.4 Å². The van der Waals surface area contributed by atoms with Crippen molar-refractivity contribution in [1.82, 2.24) is 9.88 Å². The molecule has 0 aliphatic carbocycles. The quantitative estimate of drug-likeness (QED) is 0.737. The van der Waals surface area contributed by atoms with Crippen molar-refractivity contribution in [2.75, 3.05) is 13.1 Å². The highest BCUT2D eigenvalue weighted by Gasteiger charge is 2.31. The summed E-state index contributed by atoms with van der Waals surface area (Å²) in [6.07, 6.45) is 5.65. The van der Waals surface area contributed by atoms with Gasteiger partial charge in [-0.05, 0) is 29.7 Å². The molecular formula is C15H14N2. The molecule has 3 heterocycles. The molecular weight excluding hydrogens is 208 g/mol. The largest absolute Gasteiger partial charge is 0.376 e. The van der Waals surface area contributed by atoms with Gasteiger partial charge in [0.25, 0.3) is 0 Å². The summed E-state index contributed by atoms with van der Waals surface area (Å²) in [4.78, 5) is 6.98. The minimum absolute atomic E-state index is 0.734. The molecule has 1 fully saturated rings. The zero-order chi connectivity index (χ0) is 11.2. The van der Waals surface area contributed by atoms with Gasteiger partial charge in [-0.1, -0.05) is 18.2 Å². The van der Waals surface area contributed by atoms with E-state index in [-0.39, 0.29) is 0 Å². The Morgan fingerprint density at radius 2 is 2.18 bits per heavy atom. The van der Waals surface area contributed by atoms with Crippen molar-refractivity contribution in [3.8, 4) is 0 Å². The molecule has 4 rings (SSSR count). The van der Waals surface area contributed by atoms with Gasteiger partial charge in [0.1, 0.15) is 0 Å². The molecule has 1 saturated heterocycles. The number of rotatable bonds is 1. The van der Waals surface area contributed by atoms with Crippen molar-refractivity contribution < 1.29 is 0 Å². The number of hydrogen-bond donors (Lipinski definition) is 0. The Kier molecular flexibility index (Phi) is 1.81. The molecule has 2 aliphatic heterocycles. The van der Waals surface area contributed by atoms with Crippen molar-refractivity contribution in [1.29, 1.82) is 0 Å². The van der Waals surface area contributed by atoms with Gasteiger partial charge in [0.2, 0.25) is 0 Å². The van der Waals surface area contributed by atoms with E-state index >= 15 is 0 Å². The molecule has 0 saturated carbocycles. The van der Waals surface area contributed by atoms with Gasteiger partial charge < -0.3 is 4.90 Å². The van der Waals surface area contributed by atoms with Crippen LogP contribution in [0, 0.1) is 5.92 Å². The van der Waals surface area contributed by atoms with Crippen LogP contribution in [0.3, 0.4) is 0 Å². The van der Waals surface area contributed by atoms with Crippen LogP contribution < -0.4 is 0 Å². The maximum Gasteiger partial charge on any atom is 0.0702 e. The van der Waals surface area contributed by atoms with Gasteiger partial charge in [0, 0.05) is 36.8 Å². The Labute approximate surface area is 101 Å². The zero-order valence-electron chi connectivity index (χ0n) is 9.63. The second-order valence-electron chi connectivity index (χ2n) is 4.98. The van der Waals surface area contributed by atoms with Crippen LogP contribution in [-0.2, 0) is 0 Å². The molecule has 2 aromatic rings. The first-order chi connectivity index (χ1) is 8.40. The summed E-state index contributed by atoms with van der Waals surface area (Å²) >= 11 is 0. The van der Waals surface area contributed by atoms with Crippen LogP contribution in [0.5, 0.6) is 0 Å². The number of fused-ring (bicyclic) bond motifs is 3. The molecule has 0 amide bonds. The lowest BCUT2D eigenvalue weighted by molar-refractivity contribution is 0.479. The summed E-state index contributed by atoms with van der Waals surface area (Å²) in [5.74, 6) is 0.734. The van der Waals surface area contributed by atoms with Crippen LogP contribution in [0.1, 0.15) is 12.0 Å². The average Bonchev–Trinajstić information content (AvgIpc) is 3.00. The summed E-state index contributed by atoms with van der Waals surface area (Å²) in [5.41, 5.74) is 3.87. The van der Waals surface area contributed by atoms with Crippen LogP contribution in [0.4, 0.5) is 0 Å². The van der Waals surface area contributed by atoms with Crippen LogP contribution >= 0.6 is 0 Å². The summed E-state index contributed by atoms with van der Waals surface area (Å²) in [5, 5.41) is 1.24. The lowest BCUT2D eigenvalue weighted by Gasteiger charge is -2.13. The number of hydrogen-bond acceptors (Lipinski definition) is 2. The third-order valence-electron chi connectivity index (χ3n) is 3.90. The number of benzene rings is 1. The lowest BCUT2D eigenvalue weighted by atomic mass is 9.93. The summed E-state index contributed by atoms with van der Waals surface area (Å²) in [6.45, 7) is 2.44. The van der Waals surface area contributed by atoms with Gasteiger partial charge in [0.15, 0.2) is 0 Å². The average molecular weight is 222 g/mol. The van der Waals surface area contributed by atoms with Gasteiger partial charge in [-0.3, -0.25) is 4.98 Å².